The Morgan fingerprint density at radius 1 is 1.03 bits per heavy atom. The molecule has 4 aliphatic rings. The van der Waals surface area contributed by atoms with Crippen molar-refractivity contribution < 1.29 is 4.79 Å². The lowest BCUT2D eigenvalue weighted by atomic mass is 9.43. The summed E-state index contributed by atoms with van der Waals surface area (Å²) in [6, 6.07) is 0. The molecule has 1 heteroatoms. The highest BCUT2D eigenvalue weighted by atomic mass is 16.1. The molecule has 0 radical (unpaired) electrons. The van der Waals surface area contributed by atoms with Crippen molar-refractivity contribution in [3.63, 3.8) is 0 Å². The van der Waals surface area contributed by atoms with E-state index in [0.717, 1.165) is 25.2 Å². The van der Waals surface area contributed by atoms with Crippen LogP contribution >= 0.6 is 0 Å². The Labute approximate surface area is 192 Å². The third-order valence-corrected chi connectivity index (χ3v) is 11.1. The molecule has 4 aliphatic carbocycles. The van der Waals surface area contributed by atoms with Crippen LogP contribution in [0.4, 0.5) is 0 Å². The van der Waals surface area contributed by atoms with Crippen LogP contribution in [0.3, 0.4) is 0 Å². The summed E-state index contributed by atoms with van der Waals surface area (Å²) >= 11 is 0. The molecule has 6 atom stereocenters. The van der Waals surface area contributed by atoms with Crippen molar-refractivity contribution in [3.8, 4) is 0 Å². The van der Waals surface area contributed by atoms with Gasteiger partial charge in [0.05, 0.1) is 0 Å². The summed E-state index contributed by atoms with van der Waals surface area (Å²) in [5.41, 5.74) is 6.00. The predicted octanol–water partition coefficient (Wildman–Crippen LogP) is 8.69. The van der Waals surface area contributed by atoms with Gasteiger partial charge in [0.2, 0.25) is 0 Å². The number of carbonyl (C=O) groups excluding carboxylic acids is 1. The average Bonchev–Trinajstić information content (AvgIpc) is 2.86. The van der Waals surface area contributed by atoms with Gasteiger partial charge in [-0.2, -0.15) is 0 Å². The van der Waals surface area contributed by atoms with Crippen LogP contribution < -0.4 is 0 Å². The Kier molecular flexibility index (Phi) is 5.71. The Morgan fingerprint density at radius 2 is 1.74 bits per heavy atom. The van der Waals surface area contributed by atoms with E-state index in [9.17, 15) is 4.79 Å². The van der Waals surface area contributed by atoms with Gasteiger partial charge in [-0.1, -0.05) is 70.8 Å². The number of allylic oxidation sites excluding steroid dienone is 4. The molecule has 0 saturated heterocycles. The zero-order valence-corrected chi connectivity index (χ0v) is 21.8. The number of hydrogen-bond acceptors (Lipinski definition) is 1. The molecular formula is C30H48O. The average molecular weight is 425 g/mol. The minimum Gasteiger partial charge on any atom is -0.299 e. The molecule has 0 aromatic heterocycles. The van der Waals surface area contributed by atoms with Crippen LogP contribution in [0.25, 0.3) is 0 Å². The Morgan fingerprint density at radius 3 is 2.42 bits per heavy atom. The van der Waals surface area contributed by atoms with Crippen molar-refractivity contribution in [1.29, 1.82) is 0 Å². The number of carbonyl (C=O) groups is 1. The molecule has 0 spiro atoms. The maximum atomic E-state index is 13.6. The standard InChI is InChI=1S/C30H48O/c1-20(2)11-9-12-21(3)26-24(31)19-30(8)23-13-14-25-27(4,5)16-10-17-28(25,6)22(23)15-18-29(26,30)7/h11,21,25-26H,9-10,12-19H2,1-8H3/t21-,25-,26+,28+,29-,30+/m0/s1. The molecule has 4 rings (SSSR count). The fourth-order valence-corrected chi connectivity index (χ4v) is 9.40. The predicted molar refractivity (Wildman–Crippen MR) is 132 cm³/mol. The molecule has 0 unspecified atom stereocenters. The fraction of sp³-hybridized carbons (Fsp3) is 0.833. The molecule has 2 fully saturated rings. The van der Waals surface area contributed by atoms with E-state index in [0.29, 0.717) is 22.5 Å². The molecule has 0 heterocycles. The van der Waals surface area contributed by atoms with E-state index in [1.807, 2.05) is 5.57 Å². The van der Waals surface area contributed by atoms with Crippen molar-refractivity contribution in [2.45, 2.75) is 120 Å². The van der Waals surface area contributed by atoms with Gasteiger partial charge >= 0.3 is 0 Å². The second-order valence-corrected chi connectivity index (χ2v) is 13.5. The van der Waals surface area contributed by atoms with Gasteiger partial charge in [0.25, 0.3) is 0 Å². The molecule has 0 aromatic carbocycles. The second-order valence-electron chi connectivity index (χ2n) is 13.5. The van der Waals surface area contributed by atoms with Crippen LogP contribution in [-0.2, 0) is 4.79 Å². The van der Waals surface area contributed by atoms with Crippen LogP contribution in [0.15, 0.2) is 22.8 Å². The molecule has 1 nitrogen and oxygen atoms in total. The zero-order chi connectivity index (χ0) is 22.8. The molecular weight excluding hydrogens is 376 g/mol. The van der Waals surface area contributed by atoms with Crippen molar-refractivity contribution in [2.24, 2.45) is 39.4 Å². The highest BCUT2D eigenvalue weighted by Gasteiger charge is 2.65. The second kappa shape index (κ2) is 7.59. The minimum atomic E-state index is 0.0860. The van der Waals surface area contributed by atoms with Gasteiger partial charge in [0.1, 0.15) is 5.78 Å². The molecule has 2 saturated carbocycles. The van der Waals surface area contributed by atoms with E-state index >= 15 is 0 Å². The quantitative estimate of drug-likeness (QED) is 0.412. The molecule has 31 heavy (non-hydrogen) atoms. The Hall–Kier alpha value is -0.850. The number of Topliss-reactive ketones (excluding diaryl/α,β-unsaturated/α-hetero) is 1. The number of hydrogen-bond donors (Lipinski definition) is 0. The third kappa shape index (κ3) is 3.34. The highest BCUT2D eigenvalue weighted by Crippen LogP contribution is 2.71. The van der Waals surface area contributed by atoms with Crippen LogP contribution in [0.5, 0.6) is 0 Å². The van der Waals surface area contributed by atoms with Crippen molar-refractivity contribution in [3.05, 3.63) is 22.8 Å². The summed E-state index contributed by atoms with van der Waals surface area (Å²) in [6.07, 6.45) is 14.6. The van der Waals surface area contributed by atoms with Crippen LogP contribution in [0, 0.1) is 39.4 Å². The normalized spacial score (nSPS) is 42.5. The van der Waals surface area contributed by atoms with Gasteiger partial charge in [-0.05, 0) is 93.3 Å². The van der Waals surface area contributed by atoms with E-state index in [-0.39, 0.29) is 16.7 Å². The van der Waals surface area contributed by atoms with Gasteiger partial charge in [0.15, 0.2) is 0 Å². The van der Waals surface area contributed by atoms with Crippen molar-refractivity contribution in [2.75, 3.05) is 0 Å². The van der Waals surface area contributed by atoms with Gasteiger partial charge < -0.3 is 0 Å². The van der Waals surface area contributed by atoms with E-state index < -0.39 is 0 Å². The summed E-state index contributed by atoms with van der Waals surface area (Å²) in [5.74, 6) is 2.11. The first-order valence-corrected chi connectivity index (χ1v) is 13.3. The van der Waals surface area contributed by atoms with E-state index in [2.05, 4.69) is 61.5 Å². The van der Waals surface area contributed by atoms with Crippen LogP contribution in [0.2, 0.25) is 0 Å². The maximum absolute atomic E-state index is 13.6. The van der Waals surface area contributed by atoms with Gasteiger partial charge in [-0.3, -0.25) is 4.79 Å². The fourth-order valence-electron chi connectivity index (χ4n) is 9.40. The topological polar surface area (TPSA) is 17.1 Å². The van der Waals surface area contributed by atoms with Gasteiger partial charge in [-0.25, -0.2) is 0 Å². The Balaban J connectivity index is 1.69. The lowest BCUT2D eigenvalue weighted by Gasteiger charge is -2.61. The molecule has 0 N–H and O–H groups in total. The molecule has 0 aliphatic heterocycles. The largest absolute Gasteiger partial charge is 0.299 e. The first kappa shape index (κ1) is 23.3. The van der Waals surface area contributed by atoms with Crippen LogP contribution in [-0.4, -0.2) is 5.78 Å². The smallest absolute Gasteiger partial charge is 0.137 e. The monoisotopic (exact) mass is 424 g/mol. The highest BCUT2D eigenvalue weighted by molar-refractivity contribution is 5.87. The van der Waals surface area contributed by atoms with Crippen molar-refractivity contribution >= 4 is 5.78 Å². The van der Waals surface area contributed by atoms with Crippen LogP contribution in [0.1, 0.15) is 120 Å². The SMILES string of the molecule is CC(C)=CCC[C@H](C)[C@@H]1C(=O)C[C@]2(C)C3=C(CC[C@@]12C)[C@@]1(C)CCCC(C)(C)[C@@H]1CC3. The van der Waals surface area contributed by atoms with Crippen molar-refractivity contribution in [1.82, 2.24) is 0 Å². The molecule has 174 valence electrons. The first-order chi connectivity index (χ1) is 14.4. The summed E-state index contributed by atoms with van der Waals surface area (Å²) in [5, 5.41) is 0. The summed E-state index contributed by atoms with van der Waals surface area (Å²) in [4.78, 5) is 13.6. The number of rotatable bonds is 4. The summed E-state index contributed by atoms with van der Waals surface area (Å²) < 4.78 is 0. The summed E-state index contributed by atoms with van der Waals surface area (Å²) in [7, 11) is 0. The number of fused-ring (bicyclic) bond motifs is 4. The number of ketones is 1. The Bertz CT molecular complexity index is 808. The minimum absolute atomic E-state index is 0.0860. The summed E-state index contributed by atoms with van der Waals surface area (Å²) in [6.45, 7) is 19.4. The van der Waals surface area contributed by atoms with E-state index in [1.54, 1.807) is 5.57 Å². The third-order valence-electron chi connectivity index (χ3n) is 11.1. The van der Waals surface area contributed by atoms with Gasteiger partial charge in [0, 0.05) is 17.8 Å². The van der Waals surface area contributed by atoms with Gasteiger partial charge in [-0.15, -0.1) is 0 Å². The zero-order valence-electron chi connectivity index (χ0n) is 21.8. The first-order valence-electron chi connectivity index (χ1n) is 13.3. The molecule has 0 bridgehead atoms. The molecule has 0 aromatic rings. The lowest BCUT2D eigenvalue weighted by molar-refractivity contribution is -0.124. The van der Waals surface area contributed by atoms with E-state index in [4.69, 9.17) is 0 Å². The molecule has 0 amide bonds. The van der Waals surface area contributed by atoms with E-state index in [1.165, 1.54) is 50.5 Å². The maximum Gasteiger partial charge on any atom is 0.137 e. The lowest BCUT2D eigenvalue weighted by Crippen LogP contribution is -2.51.